The number of rotatable bonds is 10. The van der Waals surface area contributed by atoms with E-state index in [0.29, 0.717) is 12.0 Å². The summed E-state index contributed by atoms with van der Waals surface area (Å²) in [6.07, 6.45) is -2.57. The number of amides is 3. The van der Waals surface area contributed by atoms with Gasteiger partial charge in [-0.2, -0.15) is 18.3 Å². The van der Waals surface area contributed by atoms with Crippen LogP contribution in [0.15, 0.2) is 47.6 Å². The molecule has 0 aromatic heterocycles. The summed E-state index contributed by atoms with van der Waals surface area (Å²) in [6.45, 7) is 5.17. The minimum Gasteiger partial charge on any atom is -0.490 e. The number of ether oxygens (including phenoxy) is 2. The van der Waals surface area contributed by atoms with Crippen LogP contribution < -0.4 is 25.5 Å². The van der Waals surface area contributed by atoms with Crippen molar-refractivity contribution in [3.05, 3.63) is 53.6 Å². The minimum absolute atomic E-state index is 0.0186. The average molecular weight is 508 g/mol. The minimum atomic E-state index is -4.53. The molecule has 0 saturated carbocycles. The van der Waals surface area contributed by atoms with Gasteiger partial charge in [0.1, 0.15) is 0 Å². The monoisotopic (exact) mass is 508 g/mol. The average Bonchev–Trinajstić information content (AvgIpc) is 2.83. The second-order valence-corrected chi connectivity index (χ2v) is 7.54. The van der Waals surface area contributed by atoms with Crippen molar-refractivity contribution in [1.29, 1.82) is 0 Å². The van der Waals surface area contributed by atoms with E-state index in [2.05, 4.69) is 21.2 Å². The topological polar surface area (TPSA) is 118 Å². The molecule has 2 aromatic rings. The van der Waals surface area contributed by atoms with Gasteiger partial charge in [-0.1, -0.05) is 13.0 Å². The Morgan fingerprint density at radius 3 is 2.44 bits per heavy atom. The van der Waals surface area contributed by atoms with E-state index >= 15 is 0 Å². The SMILES string of the molecule is CCOc1cc(/C=N\NC(=O)C(=O)N[C@H](C)CC)ccc1OCC(=O)Nc1cccc(C(F)(F)F)c1. The van der Waals surface area contributed by atoms with Gasteiger partial charge in [0.15, 0.2) is 18.1 Å². The van der Waals surface area contributed by atoms with E-state index < -0.39 is 36.1 Å². The van der Waals surface area contributed by atoms with Crippen LogP contribution in [0.3, 0.4) is 0 Å². The van der Waals surface area contributed by atoms with Crippen molar-refractivity contribution in [2.24, 2.45) is 5.10 Å². The first kappa shape index (κ1) is 28.1. The molecule has 9 nitrogen and oxygen atoms in total. The van der Waals surface area contributed by atoms with Crippen molar-refractivity contribution in [3.8, 4) is 11.5 Å². The molecule has 12 heteroatoms. The zero-order valence-electron chi connectivity index (χ0n) is 19.9. The van der Waals surface area contributed by atoms with Crippen LogP contribution >= 0.6 is 0 Å². The highest BCUT2D eigenvalue weighted by molar-refractivity contribution is 6.35. The second-order valence-electron chi connectivity index (χ2n) is 7.54. The van der Waals surface area contributed by atoms with Gasteiger partial charge in [-0.3, -0.25) is 14.4 Å². The molecule has 3 amide bonds. The standard InChI is InChI=1S/C24H27F3N4O5/c1-4-15(3)29-22(33)23(34)31-28-13-16-9-10-19(20(11-16)35-5-2)36-14-21(32)30-18-8-6-7-17(12-18)24(25,26)27/h6-13,15H,4-5,14H2,1-3H3,(H,29,33)(H,30,32)(H,31,34)/b28-13-/t15-/m1/s1. The van der Waals surface area contributed by atoms with Crippen LogP contribution in [0.1, 0.15) is 38.3 Å². The van der Waals surface area contributed by atoms with Crippen LogP contribution in [-0.4, -0.2) is 43.2 Å². The smallest absolute Gasteiger partial charge is 0.416 e. The normalized spacial score (nSPS) is 12.1. The Morgan fingerprint density at radius 2 is 1.78 bits per heavy atom. The Morgan fingerprint density at radius 1 is 1.03 bits per heavy atom. The zero-order chi connectivity index (χ0) is 26.7. The first-order chi connectivity index (χ1) is 17.0. The molecule has 1 atom stereocenters. The molecule has 194 valence electrons. The summed E-state index contributed by atoms with van der Waals surface area (Å²) in [4.78, 5) is 35.7. The Labute approximate surface area is 206 Å². The van der Waals surface area contributed by atoms with Crippen LogP contribution in [-0.2, 0) is 20.6 Å². The lowest BCUT2D eigenvalue weighted by molar-refractivity contribution is -0.139. The van der Waals surface area contributed by atoms with E-state index in [9.17, 15) is 27.6 Å². The predicted octanol–water partition coefficient (Wildman–Crippen LogP) is 3.49. The summed E-state index contributed by atoms with van der Waals surface area (Å²) >= 11 is 0. The van der Waals surface area contributed by atoms with Crippen molar-refractivity contribution < 1.29 is 37.0 Å². The summed E-state index contributed by atoms with van der Waals surface area (Å²) in [7, 11) is 0. The van der Waals surface area contributed by atoms with E-state index in [1.807, 2.05) is 6.92 Å². The van der Waals surface area contributed by atoms with Gasteiger partial charge in [-0.25, -0.2) is 5.43 Å². The Kier molecular flexibility index (Phi) is 10.3. The number of hydrazone groups is 1. The third kappa shape index (κ3) is 8.93. The molecule has 0 aliphatic carbocycles. The van der Waals surface area contributed by atoms with Gasteiger partial charge in [0.2, 0.25) is 0 Å². The molecule has 2 rings (SSSR count). The molecule has 2 aromatic carbocycles. The molecule has 0 saturated heterocycles. The van der Waals surface area contributed by atoms with Crippen molar-refractivity contribution >= 4 is 29.6 Å². The quantitative estimate of drug-likeness (QED) is 0.258. The first-order valence-electron chi connectivity index (χ1n) is 11.0. The molecular formula is C24H27F3N4O5. The van der Waals surface area contributed by atoms with Crippen LogP contribution in [0.2, 0.25) is 0 Å². The lowest BCUT2D eigenvalue weighted by Crippen LogP contribution is -2.41. The van der Waals surface area contributed by atoms with Crippen LogP contribution in [0.5, 0.6) is 11.5 Å². The van der Waals surface area contributed by atoms with E-state index in [4.69, 9.17) is 9.47 Å². The molecule has 0 spiro atoms. The Balaban J connectivity index is 1.98. The summed E-state index contributed by atoms with van der Waals surface area (Å²) in [5.41, 5.74) is 1.72. The van der Waals surface area contributed by atoms with Gasteiger partial charge < -0.3 is 20.1 Å². The maximum atomic E-state index is 12.8. The number of nitrogens with zero attached hydrogens (tertiary/aromatic N) is 1. The van der Waals surface area contributed by atoms with Crippen molar-refractivity contribution in [2.45, 2.75) is 39.4 Å². The molecule has 0 radical (unpaired) electrons. The number of carbonyl (C=O) groups is 3. The fourth-order valence-corrected chi connectivity index (χ4v) is 2.71. The van der Waals surface area contributed by atoms with E-state index in [1.165, 1.54) is 24.4 Å². The molecule has 0 aliphatic rings. The van der Waals surface area contributed by atoms with Gasteiger partial charge in [0, 0.05) is 11.7 Å². The first-order valence-corrected chi connectivity index (χ1v) is 11.0. The third-order valence-corrected chi connectivity index (χ3v) is 4.68. The highest BCUT2D eigenvalue weighted by Crippen LogP contribution is 2.31. The van der Waals surface area contributed by atoms with Crippen LogP contribution in [0, 0.1) is 0 Å². The molecule has 0 bridgehead atoms. The highest BCUT2D eigenvalue weighted by Gasteiger charge is 2.30. The van der Waals surface area contributed by atoms with Gasteiger partial charge >= 0.3 is 18.0 Å². The largest absolute Gasteiger partial charge is 0.490 e. The second kappa shape index (κ2) is 13.1. The van der Waals surface area contributed by atoms with Gasteiger partial charge in [0.25, 0.3) is 5.91 Å². The van der Waals surface area contributed by atoms with Crippen LogP contribution in [0.4, 0.5) is 18.9 Å². The number of anilines is 1. The van der Waals surface area contributed by atoms with Gasteiger partial charge in [-0.15, -0.1) is 0 Å². The Bertz CT molecular complexity index is 1110. The highest BCUT2D eigenvalue weighted by atomic mass is 19.4. The molecule has 0 aliphatic heterocycles. The number of carbonyl (C=O) groups excluding carboxylic acids is 3. The number of nitrogens with one attached hydrogen (secondary N) is 3. The molecule has 0 unspecified atom stereocenters. The molecule has 0 fully saturated rings. The van der Waals surface area contributed by atoms with E-state index in [1.54, 1.807) is 26.0 Å². The number of alkyl halides is 3. The number of benzene rings is 2. The lowest BCUT2D eigenvalue weighted by Gasteiger charge is -2.13. The summed E-state index contributed by atoms with van der Waals surface area (Å²) in [6, 6.07) is 8.70. The molecule has 0 heterocycles. The maximum absolute atomic E-state index is 12.8. The van der Waals surface area contributed by atoms with Gasteiger partial charge in [-0.05, 0) is 62.2 Å². The summed E-state index contributed by atoms with van der Waals surface area (Å²) in [5.74, 6) is -1.90. The fourth-order valence-electron chi connectivity index (χ4n) is 2.71. The lowest BCUT2D eigenvalue weighted by atomic mass is 10.2. The fraction of sp³-hybridized carbons (Fsp3) is 0.333. The van der Waals surface area contributed by atoms with Crippen molar-refractivity contribution in [2.75, 3.05) is 18.5 Å². The number of hydrogen-bond donors (Lipinski definition) is 3. The summed E-state index contributed by atoms with van der Waals surface area (Å²) in [5, 5.41) is 8.61. The van der Waals surface area contributed by atoms with E-state index in [0.717, 1.165) is 12.1 Å². The Hall–Kier alpha value is -4.09. The number of halogens is 3. The molecule has 36 heavy (non-hydrogen) atoms. The van der Waals surface area contributed by atoms with Crippen molar-refractivity contribution in [1.82, 2.24) is 10.7 Å². The zero-order valence-corrected chi connectivity index (χ0v) is 19.9. The predicted molar refractivity (Wildman–Crippen MR) is 127 cm³/mol. The van der Waals surface area contributed by atoms with Gasteiger partial charge in [0.05, 0.1) is 18.4 Å². The third-order valence-electron chi connectivity index (χ3n) is 4.68. The van der Waals surface area contributed by atoms with E-state index in [-0.39, 0.29) is 29.8 Å². The molecular weight excluding hydrogens is 481 g/mol. The maximum Gasteiger partial charge on any atom is 0.416 e. The summed E-state index contributed by atoms with van der Waals surface area (Å²) < 4.78 is 49.5. The van der Waals surface area contributed by atoms with Crippen molar-refractivity contribution in [3.63, 3.8) is 0 Å². The molecule has 3 N–H and O–H groups in total. The van der Waals surface area contributed by atoms with Crippen LogP contribution in [0.25, 0.3) is 0 Å². The number of hydrogen-bond acceptors (Lipinski definition) is 6.